The van der Waals surface area contributed by atoms with Gasteiger partial charge < -0.3 is 4.74 Å². The zero-order valence-corrected chi connectivity index (χ0v) is 19.8. The molecular weight excluding hydrogens is 544 g/mol. The van der Waals surface area contributed by atoms with Gasteiger partial charge in [-0.3, -0.25) is 4.79 Å². The summed E-state index contributed by atoms with van der Waals surface area (Å²) in [6.45, 7) is 2.23. The Hall–Kier alpha value is -2.12. The number of carbonyl (C=O) groups is 1. The Bertz CT molecular complexity index is 1160. The largest absolute Gasteiger partial charge is 0.459 e. The average Bonchev–Trinajstić information content (AvgIpc) is 2.63. The third kappa shape index (κ3) is 6.48. The van der Waals surface area contributed by atoms with Gasteiger partial charge in [-0.1, -0.05) is 18.2 Å². The van der Waals surface area contributed by atoms with Crippen LogP contribution in [0, 0.1) is 17.5 Å². The second-order valence-electron chi connectivity index (χ2n) is 7.81. The Morgan fingerprint density at radius 1 is 1.06 bits per heavy atom. The molecule has 0 N–H and O–H groups in total. The van der Waals surface area contributed by atoms with Crippen molar-refractivity contribution in [3.63, 3.8) is 0 Å². The van der Waals surface area contributed by atoms with Crippen molar-refractivity contribution in [2.24, 2.45) is 0 Å². The summed E-state index contributed by atoms with van der Waals surface area (Å²) in [5.74, 6) is -7.06. The van der Waals surface area contributed by atoms with E-state index in [0.29, 0.717) is 12.1 Å². The maximum Gasteiger partial charge on any atom is 0.416 e. The fourth-order valence-corrected chi connectivity index (χ4v) is 5.24. The van der Waals surface area contributed by atoms with E-state index in [-0.39, 0.29) is 4.31 Å². The van der Waals surface area contributed by atoms with E-state index < -0.39 is 78.8 Å². The summed E-state index contributed by atoms with van der Waals surface area (Å²) in [6.07, 6.45) is -4.87. The van der Waals surface area contributed by atoms with Crippen molar-refractivity contribution in [2.75, 3.05) is 6.54 Å². The molecule has 0 aliphatic carbocycles. The predicted molar refractivity (Wildman–Crippen MR) is 109 cm³/mol. The summed E-state index contributed by atoms with van der Waals surface area (Å²) in [7, 11) is -5.18. The first-order valence-corrected chi connectivity index (χ1v) is 11.4. The standard InChI is InChI=1S/C20H18BrF6NO4S/c1-19(2,3)32-15(29)10-28(9-11-6-4-5-7-12(11)20(25,26)27)33(30,31)18-13(21)8-14(22)16(23)17(18)24/h4-8H,9-10H2,1-3H3. The van der Waals surface area contributed by atoms with Gasteiger partial charge in [0.05, 0.1) is 5.56 Å². The quantitative estimate of drug-likeness (QED) is 0.204. The maximum atomic E-state index is 14.4. The molecule has 33 heavy (non-hydrogen) atoms. The van der Waals surface area contributed by atoms with Gasteiger partial charge in [0, 0.05) is 11.0 Å². The molecule has 2 rings (SSSR count). The van der Waals surface area contributed by atoms with E-state index in [0.717, 1.165) is 12.1 Å². The van der Waals surface area contributed by atoms with E-state index in [1.807, 2.05) is 0 Å². The molecule has 0 saturated heterocycles. The summed E-state index contributed by atoms with van der Waals surface area (Å²) in [4.78, 5) is 10.9. The number of halogens is 7. The summed E-state index contributed by atoms with van der Waals surface area (Å²) >= 11 is 2.63. The van der Waals surface area contributed by atoms with Crippen molar-refractivity contribution in [3.8, 4) is 0 Å². The van der Waals surface area contributed by atoms with Gasteiger partial charge >= 0.3 is 12.1 Å². The molecule has 0 aliphatic heterocycles. The summed E-state index contributed by atoms with van der Waals surface area (Å²) in [6, 6.07) is 4.29. The number of carbonyl (C=O) groups excluding carboxylic acids is 1. The van der Waals surface area contributed by atoms with E-state index in [1.54, 1.807) is 0 Å². The highest BCUT2D eigenvalue weighted by molar-refractivity contribution is 9.10. The number of esters is 1. The summed E-state index contributed by atoms with van der Waals surface area (Å²) in [5, 5.41) is 0. The van der Waals surface area contributed by atoms with Crippen LogP contribution in [0.5, 0.6) is 0 Å². The highest BCUT2D eigenvalue weighted by atomic mass is 79.9. The number of sulfonamides is 1. The van der Waals surface area contributed by atoms with E-state index >= 15 is 0 Å². The first kappa shape index (κ1) is 27.1. The third-order valence-corrected chi connectivity index (χ3v) is 6.81. The minimum Gasteiger partial charge on any atom is -0.459 e. The molecule has 0 aliphatic rings. The molecule has 0 spiro atoms. The number of alkyl halides is 3. The fourth-order valence-electron chi connectivity index (χ4n) is 2.78. The van der Waals surface area contributed by atoms with Crippen molar-refractivity contribution in [1.29, 1.82) is 0 Å². The number of hydrogen-bond acceptors (Lipinski definition) is 4. The zero-order chi connectivity index (χ0) is 25.4. The van der Waals surface area contributed by atoms with Crippen LogP contribution in [0.1, 0.15) is 31.9 Å². The first-order valence-electron chi connectivity index (χ1n) is 9.15. The van der Waals surface area contributed by atoms with Crippen LogP contribution in [0.25, 0.3) is 0 Å². The van der Waals surface area contributed by atoms with E-state index in [9.17, 15) is 39.6 Å². The van der Waals surface area contributed by atoms with Gasteiger partial charge in [-0.25, -0.2) is 21.6 Å². The molecule has 2 aromatic rings. The Labute approximate surface area is 194 Å². The van der Waals surface area contributed by atoms with E-state index in [1.165, 1.54) is 26.8 Å². The molecule has 0 fully saturated rings. The lowest BCUT2D eigenvalue weighted by Crippen LogP contribution is -2.39. The number of benzene rings is 2. The monoisotopic (exact) mass is 561 g/mol. The number of rotatable bonds is 6. The first-order chi connectivity index (χ1) is 14.9. The van der Waals surface area contributed by atoms with Crippen LogP contribution in [0.3, 0.4) is 0 Å². The lowest BCUT2D eigenvalue weighted by atomic mass is 10.1. The molecule has 13 heteroatoms. The molecule has 2 aromatic carbocycles. The summed E-state index contributed by atoms with van der Waals surface area (Å²) in [5.41, 5.74) is -2.83. The highest BCUT2D eigenvalue weighted by Crippen LogP contribution is 2.35. The molecule has 0 amide bonds. The molecule has 0 atom stereocenters. The number of hydrogen-bond donors (Lipinski definition) is 0. The molecule has 0 radical (unpaired) electrons. The second kappa shape index (κ2) is 9.63. The molecule has 0 unspecified atom stereocenters. The van der Waals surface area contributed by atoms with Gasteiger partial charge in [0.2, 0.25) is 10.0 Å². The molecule has 0 bridgehead atoms. The normalized spacial score (nSPS) is 12.8. The van der Waals surface area contributed by atoms with Gasteiger partial charge in [0.25, 0.3) is 0 Å². The Morgan fingerprint density at radius 2 is 1.64 bits per heavy atom. The van der Waals surface area contributed by atoms with Crippen molar-refractivity contribution < 1.29 is 44.3 Å². The molecule has 0 heterocycles. The van der Waals surface area contributed by atoms with Crippen LogP contribution in [-0.2, 0) is 32.3 Å². The minimum absolute atomic E-state index is 0.201. The molecule has 182 valence electrons. The van der Waals surface area contributed by atoms with Crippen LogP contribution in [0.15, 0.2) is 39.7 Å². The van der Waals surface area contributed by atoms with Crippen molar-refractivity contribution in [1.82, 2.24) is 4.31 Å². The van der Waals surface area contributed by atoms with Gasteiger partial charge in [0.15, 0.2) is 17.5 Å². The van der Waals surface area contributed by atoms with Gasteiger partial charge in [-0.2, -0.15) is 17.5 Å². The maximum absolute atomic E-state index is 14.4. The Kier molecular flexibility index (Phi) is 7.91. The van der Waals surface area contributed by atoms with E-state index in [4.69, 9.17) is 4.74 Å². The Balaban J connectivity index is 2.64. The van der Waals surface area contributed by atoms with Crippen LogP contribution in [0.4, 0.5) is 26.3 Å². The molecular formula is C20H18BrF6NO4S. The zero-order valence-electron chi connectivity index (χ0n) is 17.4. The lowest BCUT2D eigenvalue weighted by Gasteiger charge is -2.26. The fraction of sp³-hybridized carbons (Fsp3) is 0.350. The Morgan fingerprint density at radius 3 is 2.18 bits per heavy atom. The minimum atomic E-state index is -5.18. The number of nitrogens with zero attached hydrogens (tertiary/aromatic N) is 1. The van der Waals surface area contributed by atoms with E-state index in [2.05, 4.69) is 15.9 Å². The second-order valence-corrected chi connectivity index (χ2v) is 10.5. The average molecular weight is 562 g/mol. The van der Waals surface area contributed by atoms with Crippen LogP contribution < -0.4 is 0 Å². The smallest absolute Gasteiger partial charge is 0.416 e. The van der Waals surface area contributed by atoms with Crippen molar-refractivity contribution in [3.05, 3.63) is 63.4 Å². The number of ether oxygens (including phenoxy) is 1. The highest BCUT2D eigenvalue weighted by Gasteiger charge is 2.38. The topological polar surface area (TPSA) is 63.7 Å². The predicted octanol–water partition coefficient (Wildman–Crippen LogP) is 5.42. The molecule has 0 saturated carbocycles. The molecule has 0 aromatic heterocycles. The van der Waals surface area contributed by atoms with Gasteiger partial charge in [0.1, 0.15) is 17.0 Å². The van der Waals surface area contributed by atoms with Gasteiger partial charge in [-0.15, -0.1) is 0 Å². The SMILES string of the molecule is CC(C)(C)OC(=O)CN(Cc1ccccc1C(F)(F)F)S(=O)(=O)c1c(Br)cc(F)c(F)c1F. The van der Waals surface area contributed by atoms with Crippen molar-refractivity contribution in [2.45, 2.75) is 44.0 Å². The summed E-state index contributed by atoms with van der Waals surface area (Å²) < 4.78 is 113. The third-order valence-electron chi connectivity index (χ3n) is 4.06. The lowest BCUT2D eigenvalue weighted by molar-refractivity contribution is -0.155. The van der Waals surface area contributed by atoms with Gasteiger partial charge in [-0.05, 0) is 54.4 Å². The van der Waals surface area contributed by atoms with Crippen LogP contribution in [0.2, 0.25) is 0 Å². The molecule has 5 nitrogen and oxygen atoms in total. The van der Waals surface area contributed by atoms with Crippen LogP contribution in [-0.4, -0.2) is 30.8 Å². The van der Waals surface area contributed by atoms with Crippen LogP contribution >= 0.6 is 15.9 Å². The van der Waals surface area contributed by atoms with Crippen molar-refractivity contribution >= 4 is 31.9 Å².